The third-order valence-electron chi connectivity index (χ3n) is 3.18. The van der Waals surface area contributed by atoms with E-state index < -0.39 is 0 Å². The summed E-state index contributed by atoms with van der Waals surface area (Å²) in [7, 11) is 0. The van der Waals surface area contributed by atoms with E-state index in [9.17, 15) is 0 Å². The van der Waals surface area contributed by atoms with Crippen molar-refractivity contribution < 1.29 is 0 Å². The minimum Gasteiger partial charge on any atom is -0.347 e. The van der Waals surface area contributed by atoms with Crippen molar-refractivity contribution in [1.29, 1.82) is 0 Å². The Balaban J connectivity index is 2.60. The Morgan fingerprint density at radius 3 is 2.68 bits per heavy atom. The van der Waals surface area contributed by atoms with Crippen molar-refractivity contribution in [3.8, 4) is 0 Å². The maximum absolute atomic E-state index is 3.92. The molecule has 0 aliphatic carbocycles. The maximum Gasteiger partial charge on any atom is 0.0486 e. The van der Waals surface area contributed by atoms with Crippen LogP contribution in [0.15, 0.2) is 74.0 Å². The Morgan fingerprint density at radius 1 is 1.21 bits per heavy atom. The highest BCUT2D eigenvalue weighted by Gasteiger charge is 2.08. The second-order valence-electron chi connectivity index (χ2n) is 4.29. The van der Waals surface area contributed by atoms with Crippen LogP contribution in [0.2, 0.25) is 0 Å². The summed E-state index contributed by atoms with van der Waals surface area (Å²) in [4.78, 5) is 0. The van der Waals surface area contributed by atoms with Crippen LogP contribution in [0.5, 0.6) is 0 Å². The molecule has 0 N–H and O–H groups in total. The molecular formula is C18H19N. The highest BCUT2D eigenvalue weighted by molar-refractivity contribution is 5.95. The molecule has 0 radical (unpaired) electrons. The van der Waals surface area contributed by atoms with Crippen LogP contribution in [-0.2, 0) is 6.54 Å². The fourth-order valence-corrected chi connectivity index (χ4v) is 2.24. The molecule has 1 aromatic heterocycles. The van der Waals surface area contributed by atoms with E-state index in [2.05, 4.69) is 61.2 Å². The molecule has 0 saturated heterocycles. The van der Waals surface area contributed by atoms with Crippen molar-refractivity contribution in [2.45, 2.75) is 13.5 Å². The van der Waals surface area contributed by atoms with E-state index in [4.69, 9.17) is 0 Å². The zero-order valence-corrected chi connectivity index (χ0v) is 11.3. The number of nitrogens with zero attached hydrogens (tertiary/aromatic N) is 1. The molecule has 1 heteroatoms. The van der Waals surface area contributed by atoms with Crippen LogP contribution in [0, 0.1) is 0 Å². The molecular weight excluding hydrogens is 230 g/mol. The number of aryl methyl sites for hydroxylation is 1. The third kappa shape index (κ3) is 2.60. The quantitative estimate of drug-likeness (QED) is 0.659. The Hall–Kier alpha value is -2.28. The van der Waals surface area contributed by atoms with E-state index >= 15 is 0 Å². The predicted molar refractivity (Wildman–Crippen MR) is 85.1 cm³/mol. The lowest BCUT2D eigenvalue weighted by Crippen LogP contribution is -1.89. The van der Waals surface area contributed by atoms with Gasteiger partial charge in [0.2, 0.25) is 0 Å². The fourth-order valence-electron chi connectivity index (χ4n) is 2.24. The number of hydrogen-bond donors (Lipinski definition) is 0. The largest absolute Gasteiger partial charge is 0.347 e. The first kappa shape index (κ1) is 13.2. The number of benzene rings is 1. The number of fused-ring (bicyclic) bond motifs is 1. The molecule has 96 valence electrons. The van der Waals surface area contributed by atoms with E-state index in [0.29, 0.717) is 0 Å². The summed E-state index contributed by atoms with van der Waals surface area (Å²) in [6.45, 7) is 10.7. The zero-order valence-electron chi connectivity index (χ0n) is 11.3. The number of para-hydroxylation sites is 1. The molecule has 1 aromatic carbocycles. The van der Waals surface area contributed by atoms with Crippen LogP contribution in [0.25, 0.3) is 16.5 Å². The lowest BCUT2D eigenvalue weighted by atomic mass is 10.0. The smallest absolute Gasteiger partial charge is 0.0486 e. The molecule has 1 heterocycles. The summed E-state index contributed by atoms with van der Waals surface area (Å²) in [5.41, 5.74) is 3.61. The van der Waals surface area contributed by atoms with Crippen molar-refractivity contribution in [2.75, 3.05) is 0 Å². The van der Waals surface area contributed by atoms with Crippen molar-refractivity contribution in [1.82, 2.24) is 4.57 Å². The fraction of sp³-hybridized carbons (Fsp3) is 0.111. The van der Waals surface area contributed by atoms with Crippen molar-refractivity contribution in [2.24, 2.45) is 0 Å². The van der Waals surface area contributed by atoms with Gasteiger partial charge in [-0.25, -0.2) is 0 Å². The van der Waals surface area contributed by atoms with Crippen LogP contribution in [0.4, 0.5) is 0 Å². The number of allylic oxidation sites excluding steroid dienone is 6. The Morgan fingerprint density at radius 2 is 2.00 bits per heavy atom. The van der Waals surface area contributed by atoms with Crippen LogP contribution in [0.3, 0.4) is 0 Å². The van der Waals surface area contributed by atoms with E-state index in [-0.39, 0.29) is 0 Å². The monoisotopic (exact) mass is 249 g/mol. The number of hydrogen-bond acceptors (Lipinski definition) is 0. The zero-order chi connectivity index (χ0) is 13.7. The average molecular weight is 249 g/mol. The third-order valence-corrected chi connectivity index (χ3v) is 3.18. The number of rotatable bonds is 5. The van der Waals surface area contributed by atoms with Crippen molar-refractivity contribution >= 4 is 16.5 Å². The molecule has 0 saturated carbocycles. The van der Waals surface area contributed by atoms with Gasteiger partial charge in [0.1, 0.15) is 0 Å². The van der Waals surface area contributed by atoms with Crippen molar-refractivity contribution in [3.63, 3.8) is 0 Å². The first-order chi connectivity index (χ1) is 9.31. The molecule has 2 aromatic rings. The van der Waals surface area contributed by atoms with Gasteiger partial charge in [0.15, 0.2) is 0 Å². The number of aromatic nitrogens is 1. The van der Waals surface area contributed by atoms with Crippen LogP contribution in [-0.4, -0.2) is 4.57 Å². The molecule has 0 unspecified atom stereocenters. The van der Waals surface area contributed by atoms with Crippen LogP contribution < -0.4 is 0 Å². The van der Waals surface area contributed by atoms with E-state index in [1.807, 2.05) is 18.2 Å². The lowest BCUT2D eigenvalue weighted by Gasteiger charge is -1.98. The standard InChI is InChI=1S/C18H19N/c1-4-7-8-11-15(5-2)17-14-19(6-3)18-13-10-9-12-16(17)18/h4-5,7-14H,1-2,6H2,3H3/b8-7-,15-11+. The summed E-state index contributed by atoms with van der Waals surface area (Å²) in [6.07, 6.45) is 11.8. The molecule has 1 nitrogen and oxygen atoms in total. The van der Waals surface area contributed by atoms with E-state index in [0.717, 1.165) is 12.1 Å². The molecule has 0 spiro atoms. The summed E-state index contributed by atoms with van der Waals surface area (Å²) >= 11 is 0. The normalized spacial score (nSPS) is 12.2. The topological polar surface area (TPSA) is 4.93 Å². The predicted octanol–water partition coefficient (Wildman–Crippen LogP) is 4.97. The highest BCUT2D eigenvalue weighted by atomic mass is 14.9. The lowest BCUT2D eigenvalue weighted by molar-refractivity contribution is 0.797. The average Bonchev–Trinajstić information content (AvgIpc) is 2.83. The van der Waals surface area contributed by atoms with Gasteiger partial charge in [-0.05, 0) is 18.6 Å². The van der Waals surface area contributed by atoms with E-state index in [1.165, 1.54) is 16.5 Å². The Kier molecular flexibility index (Phi) is 4.19. The highest BCUT2D eigenvalue weighted by Crippen LogP contribution is 2.28. The van der Waals surface area contributed by atoms with Gasteiger partial charge in [0.25, 0.3) is 0 Å². The van der Waals surface area contributed by atoms with Gasteiger partial charge in [-0.3, -0.25) is 0 Å². The first-order valence-corrected chi connectivity index (χ1v) is 6.52. The van der Waals surface area contributed by atoms with Crippen LogP contribution in [0.1, 0.15) is 12.5 Å². The maximum atomic E-state index is 3.92. The Labute approximate surface area is 114 Å². The van der Waals surface area contributed by atoms with Gasteiger partial charge < -0.3 is 4.57 Å². The second kappa shape index (κ2) is 6.05. The molecule has 0 atom stereocenters. The van der Waals surface area contributed by atoms with Crippen molar-refractivity contribution in [3.05, 3.63) is 79.6 Å². The van der Waals surface area contributed by atoms with Gasteiger partial charge in [0, 0.05) is 29.2 Å². The van der Waals surface area contributed by atoms with Gasteiger partial charge in [0.05, 0.1) is 0 Å². The van der Waals surface area contributed by atoms with E-state index in [1.54, 1.807) is 6.08 Å². The molecule has 0 amide bonds. The van der Waals surface area contributed by atoms with Gasteiger partial charge >= 0.3 is 0 Å². The molecule has 2 rings (SSSR count). The Bertz CT molecular complexity index is 653. The summed E-state index contributed by atoms with van der Waals surface area (Å²) in [6, 6.07) is 8.47. The minimum atomic E-state index is 0.966. The molecule has 0 aliphatic rings. The van der Waals surface area contributed by atoms with Gasteiger partial charge in [-0.15, -0.1) is 0 Å². The molecule has 0 fully saturated rings. The first-order valence-electron chi connectivity index (χ1n) is 6.52. The summed E-state index contributed by atoms with van der Waals surface area (Å²) < 4.78 is 2.26. The SMILES string of the molecule is C=C/C=C\C=C(/C=C)c1cn(CC)c2ccccc12. The minimum absolute atomic E-state index is 0.966. The summed E-state index contributed by atoms with van der Waals surface area (Å²) in [5.74, 6) is 0. The van der Waals surface area contributed by atoms with Gasteiger partial charge in [-0.1, -0.05) is 61.7 Å². The molecule has 19 heavy (non-hydrogen) atoms. The summed E-state index contributed by atoms with van der Waals surface area (Å²) in [5, 5.41) is 1.27. The second-order valence-corrected chi connectivity index (χ2v) is 4.29. The van der Waals surface area contributed by atoms with Gasteiger partial charge in [-0.2, -0.15) is 0 Å². The molecule has 0 aliphatic heterocycles. The molecule has 0 bridgehead atoms. The van der Waals surface area contributed by atoms with Crippen LogP contribution >= 0.6 is 0 Å².